The van der Waals surface area contributed by atoms with E-state index in [1.165, 1.54) is 6.08 Å². The molecule has 8 rings (SSSR count). The molecule has 3 unspecified atom stereocenters. The second kappa shape index (κ2) is 15.1. The van der Waals surface area contributed by atoms with Gasteiger partial charge in [0, 0.05) is 43.1 Å². The molecular formula is C41H64O14. The number of fused-ring (bicyclic) bond motifs is 5. The van der Waals surface area contributed by atoms with Crippen molar-refractivity contribution in [1.29, 1.82) is 0 Å². The molecule has 0 aromatic rings. The summed E-state index contributed by atoms with van der Waals surface area (Å²) in [5.74, 6) is 0.174. The first-order valence-electron chi connectivity index (χ1n) is 20.9. The normalized spacial score (nSPS) is 55.5. The maximum absolute atomic E-state index is 12.6. The van der Waals surface area contributed by atoms with Crippen molar-refractivity contribution in [1.82, 2.24) is 0 Å². The topological polar surface area (TPSA) is 203 Å². The van der Waals surface area contributed by atoms with Crippen molar-refractivity contribution in [2.45, 2.75) is 197 Å². The predicted octanol–water partition coefficient (Wildman–Crippen LogP) is 2.22. The van der Waals surface area contributed by atoms with E-state index >= 15 is 0 Å². The Balaban J connectivity index is 0.834. The number of ether oxygens (including phenoxy) is 7. The molecule has 7 fully saturated rings. The Labute approximate surface area is 323 Å². The summed E-state index contributed by atoms with van der Waals surface area (Å²) in [4.78, 5) is 12.0. The molecule has 55 heavy (non-hydrogen) atoms. The number of carbonyl (C=O) groups excluding carboxylic acids is 1. The van der Waals surface area contributed by atoms with Crippen molar-refractivity contribution in [3.63, 3.8) is 0 Å². The van der Waals surface area contributed by atoms with E-state index in [0.717, 1.165) is 50.5 Å². The molecule has 4 aliphatic heterocycles. The Morgan fingerprint density at radius 3 is 1.87 bits per heavy atom. The molecule has 14 nitrogen and oxygen atoms in total. The zero-order valence-corrected chi connectivity index (χ0v) is 32.9. The number of hydrogen-bond donors (Lipinski definition) is 6. The molecule has 8 aliphatic rings. The van der Waals surface area contributed by atoms with Gasteiger partial charge in [0.1, 0.15) is 24.9 Å². The fourth-order valence-corrected chi connectivity index (χ4v) is 12.9. The van der Waals surface area contributed by atoms with Gasteiger partial charge in [-0.15, -0.1) is 0 Å². The van der Waals surface area contributed by atoms with Crippen molar-refractivity contribution in [3.8, 4) is 0 Å². The second-order valence-electron chi connectivity index (χ2n) is 18.9. The Hall–Kier alpha value is -1.27. The van der Waals surface area contributed by atoms with E-state index in [4.69, 9.17) is 33.2 Å². The molecular weight excluding hydrogens is 716 g/mol. The predicted molar refractivity (Wildman–Crippen MR) is 193 cm³/mol. The lowest BCUT2D eigenvalue weighted by atomic mass is 9.43. The van der Waals surface area contributed by atoms with Gasteiger partial charge in [-0.2, -0.15) is 0 Å². The monoisotopic (exact) mass is 780 g/mol. The van der Waals surface area contributed by atoms with Crippen molar-refractivity contribution in [3.05, 3.63) is 11.6 Å². The molecule has 3 saturated heterocycles. The molecule has 0 bridgehead atoms. The number of cyclic esters (lactones) is 1. The third-order valence-electron chi connectivity index (χ3n) is 15.8. The lowest BCUT2D eigenvalue weighted by molar-refractivity contribution is -0.336. The summed E-state index contributed by atoms with van der Waals surface area (Å²) in [5.41, 5.74) is -0.686. The first kappa shape index (κ1) is 40.5. The average molecular weight is 781 g/mol. The zero-order chi connectivity index (χ0) is 39.2. The Bertz CT molecular complexity index is 1410. The fourth-order valence-electron chi connectivity index (χ4n) is 12.9. The minimum Gasteiger partial charge on any atom is -0.458 e. The lowest BCUT2D eigenvalue weighted by Gasteiger charge is -2.63. The Morgan fingerprint density at radius 1 is 0.691 bits per heavy atom. The summed E-state index contributed by atoms with van der Waals surface area (Å²) >= 11 is 0. The van der Waals surface area contributed by atoms with Gasteiger partial charge in [-0.3, -0.25) is 0 Å². The summed E-state index contributed by atoms with van der Waals surface area (Å²) in [7, 11) is 0. The lowest BCUT2D eigenvalue weighted by Crippen LogP contribution is -2.62. The highest BCUT2D eigenvalue weighted by Crippen LogP contribution is 2.70. The molecule has 6 N–H and O–H groups in total. The molecule has 0 spiro atoms. The van der Waals surface area contributed by atoms with Gasteiger partial charge in [0.15, 0.2) is 18.9 Å². The molecule has 14 heteroatoms. The number of aliphatic hydroxyl groups excluding tert-OH is 5. The second-order valence-corrected chi connectivity index (χ2v) is 18.9. The molecule has 0 amide bonds. The summed E-state index contributed by atoms with van der Waals surface area (Å²) in [5, 5.41) is 66.3. The van der Waals surface area contributed by atoms with Crippen molar-refractivity contribution in [2.24, 2.45) is 34.5 Å². The minimum atomic E-state index is -1.01. The van der Waals surface area contributed by atoms with Gasteiger partial charge in [0.25, 0.3) is 0 Å². The molecule has 21 atom stereocenters. The average Bonchev–Trinajstić information content (AvgIpc) is 3.62. The highest BCUT2D eigenvalue weighted by molar-refractivity contribution is 5.85. The first-order valence-corrected chi connectivity index (χ1v) is 20.9. The number of esters is 1. The van der Waals surface area contributed by atoms with Crippen LogP contribution in [0.5, 0.6) is 0 Å². The molecule has 312 valence electrons. The maximum Gasteiger partial charge on any atom is 0.331 e. The van der Waals surface area contributed by atoms with E-state index in [9.17, 15) is 35.4 Å². The standard InChI is InChI=1S/C41H64O14/c1-19-36(47)27(42)14-33(50-19)54-38-21(3)52-34(16-29(38)44)55-37-20(2)51-32(15-28(37)43)53-24-8-10-39(4)23(13-24)6-7-26-25(39)9-11-40(5)35(22-12-31(46)49-18-22)30(45)17-41(26,40)48/h12,19-21,23-30,32-38,42-45,47-48H,6-11,13-18H2,1-5H3/t19-,20-,21-,23?,24+,25?,26?,27+,28+,29+,30+,32+,33+,34+,35+,36-,37-,38-,39+,40-,41+/m1/s1. The summed E-state index contributed by atoms with van der Waals surface area (Å²) in [6.45, 7) is 9.98. The smallest absolute Gasteiger partial charge is 0.331 e. The number of rotatable bonds is 7. The highest BCUT2D eigenvalue weighted by atomic mass is 16.7. The highest BCUT2D eigenvalue weighted by Gasteiger charge is 2.70. The third kappa shape index (κ3) is 7.05. The van der Waals surface area contributed by atoms with Crippen molar-refractivity contribution in [2.75, 3.05) is 6.61 Å². The number of aliphatic hydroxyl groups is 6. The SMILES string of the molecule is C[C@H]1O[C@@H](O[C@H]2[C@@H](O)C[C@H](O[C@H]3[C@@H](O)C[C@H](O[C@H]4CC[C@@]5(C)C(CCC6C5CC[C@]5(C)[C@@H](C7=CC(=O)OC7)[C@@H](O)C[C@]65O)C4)O[C@@H]3C)O[C@@H]2C)C[C@H](O)[C@@H]1O. The minimum absolute atomic E-state index is 0.0203. The van der Waals surface area contributed by atoms with Crippen LogP contribution in [0.3, 0.4) is 0 Å². The fraction of sp³-hybridized carbons (Fsp3) is 0.927. The van der Waals surface area contributed by atoms with Gasteiger partial charge in [-0.1, -0.05) is 13.8 Å². The first-order chi connectivity index (χ1) is 26.0. The van der Waals surface area contributed by atoms with Gasteiger partial charge in [0.2, 0.25) is 0 Å². The molecule has 0 aromatic carbocycles. The van der Waals surface area contributed by atoms with Gasteiger partial charge in [-0.05, 0) is 94.5 Å². The van der Waals surface area contributed by atoms with Crippen LogP contribution in [0.2, 0.25) is 0 Å². The van der Waals surface area contributed by atoms with Crippen LogP contribution in [0.1, 0.15) is 105 Å². The molecule has 0 radical (unpaired) electrons. The van der Waals surface area contributed by atoms with Crippen LogP contribution in [0.4, 0.5) is 0 Å². The van der Waals surface area contributed by atoms with Crippen LogP contribution in [-0.2, 0) is 38.0 Å². The summed E-state index contributed by atoms with van der Waals surface area (Å²) in [6, 6.07) is 0. The number of carbonyl (C=O) groups is 1. The van der Waals surface area contributed by atoms with E-state index in [1.54, 1.807) is 13.8 Å². The van der Waals surface area contributed by atoms with E-state index in [-0.39, 0.29) is 55.2 Å². The van der Waals surface area contributed by atoms with Crippen molar-refractivity contribution < 1.29 is 68.6 Å². The van der Waals surface area contributed by atoms with E-state index < -0.39 is 90.9 Å². The van der Waals surface area contributed by atoms with E-state index in [2.05, 4.69) is 13.8 Å². The van der Waals surface area contributed by atoms with Gasteiger partial charge in [-0.25, -0.2) is 4.79 Å². The van der Waals surface area contributed by atoms with Gasteiger partial charge in [0.05, 0.1) is 54.4 Å². The summed E-state index contributed by atoms with van der Waals surface area (Å²) < 4.78 is 42.1. The third-order valence-corrected chi connectivity index (χ3v) is 15.8. The van der Waals surface area contributed by atoms with Crippen LogP contribution in [0, 0.1) is 34.5 Å². The van der Waals surface area contributed by atoms with Crippen LogP contribution in [-0.4, -0.2) is 135 Å². The van der Waals surface area contributed by atoms with Gasteiger partial charge < -0.3 is 63.8 Å². The molecule has 4 saturated carbocycles. The summed E-state index contributed by atoms with van der Waals surface area (Å²) in [6.07, 6.45) is -1.26. The van der Waals surface area contributed by atoms with Crippen molar-refractivity contribution >= 4 is 5.97 Å². The van der Waals surface area contributed by atoms with Crippen LogP contribution >= 0.6 is 0 Å². The molecule has 4 aliphatic carbocycles. The largest absolute Gasteiger partial charge is 0.458 e. The Kier molecular flexibility index (Phi) is 11.1. The zero-order valence-electron chi connectivity index (χ0n) is 32.9. The van der Waals surface area contributed by atoms with Crippen LogP contribution < -0.4 is 0 Å². The van der Waals surface area contributed by atoms with Crippen LogP contribution in [0.15, 0.2) is 11.6 Å². The van der Waals surface area contributed by atoms with E-state index in [0.29, 0.717) is 18.3 Å². The van der Waals surface area contributed by atoms with E-state index in [1.807, 2.05) is 6.92 Å². The maximum atomic E-state index is 12.6. The van der Waals surface area contributed by atoms with Crippen LogP contribution in [0.25, 0.3) is 0 Å². The Morgan fingerprint density at radius 2 is 1.29 bits per heavy atom. The molecule has 0 aromatic heterocycles. The quantitative estimate of drug-likeness (QED) is 0.162. The molecule has 4 heterocycles. The number of hydrogen-bond acceptors (Lipinski definition) is 14. The van der Waals surface area contributed by atoms with Gasteiger partial charge >= 0.3 is 5.97 Å².